The number of likely N-dealkylation sites (tertiary alicyclic amines) is 1. The fourth-order valence-corrected chi connectivity index (χ4v) is 5.63. The maximum absolute atomic E-state index is 12.9. The number of carbonyl (C=O) groups excluding carboxylic acids is 2. The van der Waals surface area contributed by atoms with Crippen LogP contribution in [0.15, 0.2) is 42.5 Å². The summed E-state index contributed by atoms with van der Waals surface area (Å²) in [5.74, 6) is 1.04. The molecule has 2 aromatic carbocycles. The lowest BCUT2D eigenvalue weighted by Crippen LogP contribution is -2.50. The first-order chi connectivity index (χ1) is 18.7. The van der Waals surface area contributed by atoms with E-state index in [0.717, 1.165) is 75.2 Å². The predicted octanol–water partition coefficient (Wildman–Crippen LogP) is 4.76. The third kappa shape index (κ3) is 7.65. The number of ether oxygens (including phenoxy) is 2. The number of rotatable bonds is 8. The molecular weight excluding hydrogens is 511 g/mol. The van der Waals surface area contributed by atoms with Crippen molar-refractivity contribution >= 4 is 11.8 Å². The SMILES string of the molecule is COc1cc(OC)cc(C2CCC(N3CCC(NC(=O)CNC(=O)c4cccc(C(F)(F)F)c4)CC3)CC2)c1. The van der Waals surface area contributed by atoms with Gasteiger partial charge in [-0.15, -0.1) is 0 Å². The van der Waals surface area contributed by atoms with Gasteiger partial charge in [-0.05, 0) is 80.3 Å². The third-order valence-electron chi connectivity index (χ3n) is 7.81. The molecule has 1 aliphatic carbocycles. The third-order valence-corrected chi connectivity index (χ3v) is 7.81. The van der Waals surface area contributed by atoms with Crippen molar-refractivity contribution in [2.24, 2.45) is 0 Å². The number of piperidine rings is 1. The fourth-order valence-electron chi connectivity index (χ4n) is 5.63. The molecule has 0 aromatic heterocycles. The van der Waals surface area contributed by atoms with Crippen LogP contribution in [0.2, 0.25) is 0 Å². The van der Waals surface area contributed by atoms with E-state index in [9.17, 15) is 22.8 Å². The minimum absolute atomic E-state index is 0.0137. The lowest BCUT2D eigenvalue weighted by atomic mass is 9.80. The van der Waals surface area contributed by atoms with Crippen molar-refractivity contribution in [1.29, 1.82) is 0 Å². The van der Waals surface area contributed by atoms with E-state index in [0.29, 0.717) is 12.0 Å². The van der Waals surface area contributed by atoms with Gasteiger partial charge < -0.3 is 25.0 Å². The summed E-state index contributed by atoms with van der Waals surface area (Å²) in [6, 6.07) is 10.8. The summed E-state index contributed by atoms with van der Waals surface area (Å²) in [6.07, 6.45) is 1.53. The molecule has 0 unspecified atom stereocenters. The number of alkyl halides is 3. The standard InChI is InChI=1S/C29H36F3N3O4/c1-38-25-15-21(16-26(17-25)39-2)19-6-8-24(9-7-19)35-12-10-23(11-13-35)34-27(36)18-33-28(37)20-4-3-5-22(14-20)29(30,31)32/h3-5,14-17,19,23-24H,6-13,18H2,1-2H3,(H,33,37)(H,34,36). The molecule has 7 nitrogen and oxygen atoms in total. The molecule has 10 heteroatoms. The molecule has 2 amide bonds. The maximum Gasteiger partial charge on any atom is 0.416 e. The fraction of sp³-hybridized carbons (Fsp3) is 0.517. The van der Waals surface area contributed by atoms with Gasteiger partial charge in [-0.25, -0.2) is 0 Å². The van der Waals surface area contributed by atoms with Crippen molar-refractivity contribution in [3.05, 3.63) is 59.2 Å². The number of nitrogens with zero attached hydrogens (tertiary/aromatic N) is 1. The quantitative estimate of drug-likeness (QED) is 0.498. The highest BCUT2D eigenvalue weighted by atomic mass is 19.4. The molecule has 212 valence electrons. The van der Waals surface area contributed by atoms with Crippen LogP contribution in [0.5, 0.6) is 11.5 Å². The van der Waals surface area contributed by atoms with Gasteiger partial charge in [0.1, 0.15) is 11.5 Å². The molecule has 2 aromatic rings. The van der Waals surface area contributed by atoms with Gasteiger partial charge in [0.15, 0.2) is 0 Å². The van der Waals surface area contributed by atoms with Crippen LogP contribution in [0.25, 0.3) is 0 Å². The molecule has 0 bridgehead atoms. The van der Waals surface area contributed by atoms with Crippen LogP contribution in [0.4, 0.5) is 13.2 Å². The van der Waals surface area contributed by atoms with Gasteiger partial charge in [0, 0.05) is 36.8 Å². The molecule has 0 atom stereocenters. The highest BCUT2D eigenvalue weighted by Crippen LogP contribution is 2.38. The minimum atomic E-state index is -4.54. The van der Waals surface area contributed by atoms with Gasteiger partial charge in [-0.3, -0.25) is 9.59 Å². The lowest BCUT2D eigenvalue weighted by molar-refractivity contribution is -0.137. The second kappa shape index (κ2) is 12.7. The highest BCUT2D eigenvalue weighted by Gasteiger charge is 2.32. The molecule has 4 rings (SSSR count). The molecule has 1 saturated carbocycles. The van der Waals surface area contributed by atoms with Gasteiger partial charge in [0.25, 0.3) is 5.91 Å². The molecule has 0 spiro atoms. The number of methoxy groups -OCH3 is 2. The Bertz CT molecular complexity index is 1120. The smallest absolute Gasteiger partial charge is 0.416 e. The Hall–Kier alpha value is -3.27. The van der Waals surface area contributed by atoms with Crippen LogP contribution >= 0.6 is 0 Å². The molecule has 1 saturated heterocycles. The zero-order chi connectivity index (χ0) is 28.0. The normalized spacial score (nSPS) is 20.7. The van der Waals surface area contributed by atoms with Crippen LogP contribution in [0, 0.1) is 0 Å². The van der Waals surface area contributed by atoms with E-state index in [4.69, 9.17) is 9.47 Å². The lowest BCUT2D eigenvalue weighted by Gasteiger charge is -2.41. The van der Waals surface area contributed by atoms with E-state index >= 15 is 0 Å². The summed E-state index contributed by atoms with van der Waals surface area (Å²) in [5.41, 5.74) is 0.220. The van der Waals surface area contributed by atoms with Crippen molar-refractivity contribution in [2.45, 2.75) is 62.7 Å². The van der Waals surface area contributed by atoms with Crippen molar-refractivity contribution < 1.29 is 32.2 Å². The summed E-state index contributed by atoms with van der Waals surface area (Å²) >= 11 is 0. The molecule has 2 fully saturated rings. The van der Waals surface area contributed by atoms with Gasteiger partial charge in [-0.2, -0.15) is 13.2 Å². The van der Waals surface area contributed by atoms with E-state index in [1.54, 1.807) is 14.2 Å². The molecule has 2 aliphatic rings. The average molecular weight is 548 g/mol. The predicted molar refractivity (Wildman–Crippen MR) is 141 cm³/mol. The average Bonchev–Trinajstić information content (AvgIpc) is 2.95. The first kappa shape index (κ1) is 28.7. The van der Waals surface area contributed by atoms with Crippen LogP contribution in [0.1, 0.15) is 65.9 Å². The Morgan fingerprint density at radius 1 is 0.923 bits per heavy atom. The maximum atomic E-state index is 12.9. The summed E-state index contributed by atoms with van der Waals surface area (Å²) in [7, 11) is 3.33. The van der Waals surface area contributed by atoms with Crippen molar-refractivity contribution in [2.75, 3.05) is 33.9 Å². The van der Waals surface area contributed by atoms with Crippen molar-refractivity contribution in [3.8, 4) is 11.5 Å². The van der Waals surface area contributed by atoms with E-state index in [-0.39, 0.29) is 24.1 Å². The number of hydrogen-bond donors (Lipinski definition) is 2. The second-order valence-electron chi connectivity index (χ2n) is 10.3. The minimum Gasteiger partial charge on any atom is -0.497 e. The van der Waals surface area contributed by atoms with Crippen LogP contribution in [-0.2, 0) is 11.0 Å². The zero-order valence-electron chi connectivity index (χ0n) is 22.4. The summed E-state index contributed by atoms with van der Waals surface area (Å²) in [5, 5.41) is 5.37. The van der Waals surface area contributed by atoms with Crippen LogP contribution in [-0.4, -0.2) is 62.7 Å². The highest BCUT2D eigenvalue weighted by molar-refractivity contribution is 5.96. The van der Waals surface area contributed by atoms with Gasteiger partial charge >= 0.3 is 6.18 Å². The van der Waals surface area contributed by atoms with E-state index < -0.39 is 17.6 Å². The number of carbonyl (C=O) groups is 2. The Morgan fingerprint density at radius 3 is 2.15 bits per heavy atom. The topological polar surface area (TPSA) is 79.9 Å². The Balaban J connectivity index is 1.18. The Kier molecular flexibility index (Phi) is 9.37. The summed E-state index contributed by atoms with van der Waals surface area (Å²) < 4.78 is 49.5. The summed E-state index contributed by atoms with van der Waals surface area (Å²) in [6.45, 7) is 1.50. The molecule has 0 radical (unpaired) electrons. The first-order valence-electron chi connectivity index (χ1n) is 13.4. The first-order valence-corrected chi connectivity index (χ1v) is 13.4. The number of hydrogen-bond acceptors (Lipinski definition) is 5. The van der Waals surface area contributed by atoms with Crippen LogP contribution < -0.4 is 20.1 Å². The number of nitrogens with one attached hydrogen (secondary N) is 2. The molecule has 1 heterocycles. The monoisotopic (exact) mass is 547 g/mol. The van der Waals surface area contributed by atoms with Gasteiger partial charge in [0.05, 0.1) is 26.3 Å². The van der Waals surface area contributed by atoms with Gasteiger partial charge in [0.2, 0.25) is 5.91 Å². The number of halogens is 3. The Labute approximate surface area is 227 Å². The molecule has 1 aliphatic heterocycles. The molecular formula is C29H36F3N3O4. The molecule has 2 N–H and O–H groups in total. The summed E-state index contributed by atoms with van der Waals surface area (Å²) in [4.78, 5) is 27.1. The largest absolute Gasteiger partial charge is 0.497 e. The van der Waals surface area contributed by atoms with Crippen molar-refractivity contribution in [3.63, 3.8) is 0 Å². The number of amides is 2. The van der Waals surface area contributed by atoms with Crippen LogP contribution in [0.3, 0.4) is 0 Å². The van der Waals surface area contributed by atoms with Gasteiger partial charge in [-0.1, -0.05) is 6.07 Å². The number of benzene rings is 2. The van der Waals surface area contributed by atoms with E-state index in [1.807, 2.05) is 6.07 Å². The molecule has 39 heavy (non-hydrogen) atoms. The van der Waals surface area contributed by atoms with E-state index in [1.165, 1.54) is 17.7 Å². The zero-order valence-corrected chi connectivity index (χ0v) is 22.4. The second-order valence-corrected chi connectivity index (χ2v) is 10.3. The Morgan fingerprint density at radius 2 is 1.56 bits per heavy atom. The van der Waals surface area contributed by atoms with Crippen molar-refractivity contribution in [1.82, 2.24) is 15.5 Å². The van der Waals surface area contributed by atoms with E-state index in [2.05, 4.69) is 27.7 Å².